The van der Waals surface area contributed by atoms with Crippen LogP contribution in [0.2, 0.25) is 0 Å². The van der Waals surface area contributed by atoms with Crippen LogP contribution >= 0.6 is 0 Å². The highest BCUT2D eigenvalue weighted by molar-refractivity contribution is 5.88. The molecule has 0 aromatic carbocycles. The van der Waals surface area contributed by atoms with Crippen LogP contribution in [0.15, 0.2) is 0 Å². The molecule has 2 N–H and O–H groups in total. The predicted molar refractivity (Wildman–Crippen MR) is 75.2 cm³/mol. The molecular formula is C14H25N3O3. The highest BCUT2D eigenvalue weighted by Crippen LogP contribution is 2.15. The second-order valence-corrected chi connectivity index (χ2v) is 5.57. The van der Waals surface area contributed by atoms with E-state index in [1.54, 1.807) is 6.92 Å². The van der Waals surface area contributed by atoms with Gasteiger partial charge in [-0.1, -0.05) is 6.92 Å². The third-order valence-electron chi connectivity index (χ3n) is 4.03. The fraction of sp³-hybridized carbons (Fsp3) is 0.857. The number of amides is 2. The van der Waals surface area contributed by atoms with Gasteiger partial charge < -0.3 is 20.3 Å². The lowest BCUT2D eigenvalue weighted by atomic mass is 10.0. The van der Waals surface area contributed by atoms with Crippen molar-refractivity contribution in [2.75, 3.05) is 32.8 Å². The first-order valence-corrected chi connectivity index (χ1v) is 7.53. The number of ether oxygens (including phenoxy) is 1. The number of nitrogens with zero attached hydrogens (tertiary/aromatic N) is 1. The summed E-state index contributed by atoms with van der Waals surface area (Å²) in [6.07, 6.45) is 2.12. The van der Waals surface area contributed by atoms with Crippen LogP contribution in [0.3, 0.4) is 0 Å². The summed E-state index contributed by atoms with van der Waals surface area (Å²) < 4.78 is 5.37. The molecule has 2 aliphatic rings. The van der Waals surface area contributed by atoms with Crippen LogP contribution in [-0.2, 0) is 14.3 Å². The number of likely N-dealkylation sites (N-methyl/N-ethyl adjacent to an activating group) is 1. The third-order valence-corrected chi connectivity index (χ3v) is 4.03. The van der Waals surface area contributed by atoms with Gasteiger partial charge in [0.05, 0.1) is 19.1 Å². The average Bonchev–Trinajstić information content (AvgIpc) is 3.09. The monoisotopic (exact) mass is 283 g/mol. The lowest BCUT2D eigenvalue weighted by Crippen LogP contribution is -2.51. The number of carbonyl (C=O) groups is 2. The van der Waals surface area contributed by atoms with E-state index in [1.165, 1.54) is 0 Å². The van der Waals surface area contributed by atoms with E-state index < -0.39 is 6.04 Å². The molecule has 20 heavy (non-hydrogen) atoms. The number of hydrogen-bond acceptors (Lipinski definition) is 4. The van der Waals surface area contributed by atoms with Crippen LogP contribution in [-0.4, -0.2) is 61.6 Å². The van der Waals surface area contributed by atoms with E-state index >= 15 is 0 Å². The standard InChI is InChI=1S/C14H25N3O3/c1-3-15-12-9-20-8-11(12)13(18)16-10(2)14(19)17-6-4-5-7-17/h10-12,15H,3-9H2,1-2H3,(H,16,18). The number of likely N-dealkylation sites (tertiary alicyclic amines) is 1. The maximum atomic E-state index is 12.3. The molecule has 0 saturated carbocycles. The van der Waals surface area contributed by atoms with Gasteiger partial charge in [-0.3, -0.25) is 9.59 Å². The van der Waals surface area contributed by atoms with Crippen LogP contribution in [0.5, 0.6) is 0 Å². The predicted octanol–water partition coefficient (Wildman–Crippen LogP) is -0.262. The maximum absolute atomic E-state index is 12.3. The first-order valence-electron chi connectivity index (χ1n) is 7.53. The highest BCUT2D eigenvalue weighted by Gasteiger charge is 2.35. The molecular weight excluding hydrogens is 258 g/mol. The van der Waals surface area contributed by atoms with Gasteiger partial charge in [-0.05, 0) is 26.3 Å². The Morgan fingerprint density at radius 3 is 2.65 bits per heavy atom. The Balaban J connectivity index is 1.85. The third kappa shape index (κ3) is 3.49. The van der Waals surface area contributed by atoms with Crippen LogP contribution in [0.1, 0.15) is 26.7 Å². The molecule has 2 fully saturated rings. The van der Waals surface area contributed by atoms with Gasteiger partial charge >= 0.3 is 0 Å². The molecule has 3 atom stereocenters. The zero-order valence-corrected chi connectivity index (χ0v) is 12.4. The largest absolute Gasteiger partial charge is 0.379 e. The molecule has 2 rings (SSSR count). The molecule has 0 aliphatic carbocycles. The quantitative estimate of drug-likeness (QED) is 0.729. The van der Waals surface area contributed by atoms with Crippen molar-refractivity contribution in [3.63, 3.8) is 0 Å². The molecule has 0 aromatic rings. The van der Waals surface area contributed by atoms with E-state index in [0.717, 1.165) is 32.5 Å². The fourth-order valence-corrected chi connectivity index (χ4v) is 2.87. The Hall–Kier alpha value is -1.14. The van der Waals surface area contributed by atoms with E-state index in [2.05, 4.69) is 10.6 Å². The maximum Gasteiger partial charge on any atom is 0.244 e. The van der Waals surface area contributed by atoms with Crippen LogP contribution in [0.4, 0.5) is 0 Å². The van der Waals surface area contributed by atoms with Gasteiger partial charge in [0.15, 0.2) is 0 Å². The number of hydrogen-bond donors (Lipinski definition) is 2. The summed E-state index contributed by atoms with van der Waals surface area (Å²) in [5.41, 5.74) is 0. The van der Waals surface area contributed by atoms with Crippen molar-refractivity contribution in [3.05, 3.63) is 0 Å². The summed E-state index contributed by atoms with van der Waals surface area (Å²) in [5, 5.41) is 6.09. The molecule has 2 amide bonds. The molecule has 0 bridgehead atoms. The SMILES string of the molecule is CCNC1COCC1C(=O)NC(C)C(=O)N1CCCC1. The number of carbonyl (C=O) groups excluding carboxylic acids is 2. The molecule has 0 aromatic heterocycles. The normalized spacial score (nSPS) is 27.6. The zero-order chi connectivity index (χ0) is 14.5. The van der Waals surface area contributed by atoms with E-state index in [-0.39, 0.29) is 23.8 Å². The average molecular weight is 283 g/mol. The Bertz CT molecular complexity index is 356. The summed E-state index contributed by atoms with van der Waals surface area (Å²) in [4.78, 5) is 26.3. The van der Waals surface area contributed by atoms with Crippen molar-refractivity contribution in [3.8, 4) is 0 Å². The van der Waals surface area contributed by atoms with Crippen LogP contribution in [0, 0.1) is 5.92 Å². The second-order valence-electron chi connectivity index (χ2n) is 5.57. The van der Waals surface area contributed by atoms with Crippen LogP contribution < -0.4 is 10.6 Å². The lowest BCUT2D eigenvalue weighted by molar-refractivity contribution is -0.136. The van der Waals surface area contributed by atoms with Gasteiger partial charge in [0, 0.05) is 19.1 Å². The number of rotatable bonds is 5. The van der Waals surface area contributed by atoms with Crippen molar-refractivity contribution < 1.29 is 14.3 Å². The van der Waals surface area contributed by atoms with Crippen molar-refractivity contribution in [1.29, 1.82) is 0 Å². The molecule has 6 nitrogen and oxygen atoms in total. The Labute approximate surface area is 120 Å². The second kappa shape index (κ2) is 7.04. The summed E-state index contributed by atoms with van der Waals surface area (Å²) in [6.45, 7) is 7.18. The highest BCUT2D eigenvalue weighted by atomic mass is 16.5. The smallest absolute Gasteiger partial charge is 0.244 e. The van der Waals surface area contributed by atoms with Crippen molar-refractivity contribution in [2.24, 2.45) is 5.92 Å². The van der Waals surface area contributed by atoms with Crippen molar-refractivity contribution in [1.82, 2.24) is 15.5 Å². The van der Waals surface area contributed by atoms with E-state index in [1.807, 2.05) is 11.8 Å². The number of nitrogens with one attached hydrogen (secondary N) is 2. The van der Waals surface area contributed by atoms with Gasteiger partial charge in [-0.25, -0.2) is 0 Å². The first-order chi connectivity index (χ1) is 9.63. The molecule has 2 heterocycles. The molecule has 2 saturated heterocycles. The first kappa shape index (κ1) is 15.3. The minimum absolute atomic E-state index is 0.0229. The Morgan fingerprint density at radius 2 is 2.00 bits per heavy atom. The zero-order valence-electron chi connectivity index (χ0n) is 12.4. The Kier molecular flexibility index (Phi) is 5.37. The van der Waals surface area contributed by atoms with Gasteiger partial charge in [0.1, 0.15) is 6.04 Å². The summed E-state index contributed by atoms with van der Waals surface area (Å²) >= 11 is 0. The molecule has 0 spiro atoms. The van der Waals surface area contributed by atoms with E-state index in [9.17, 15) is 9.59 Å². The van der Waals surface area contributed by atoms with E-state index in [4.69, 9.17) is 4.74 Å². The van der Waals surface area contributed by atoms with Crippen LogP contribution in [0.25, 0.3) is 0 Å². The fourth-order valence-electron chi connectivity index (χ4n) is 2.87. The molecule has 6 heteroatoms. The summed E-state index contributed by atoms with van der Waals surface area (Å²) in [7, 11) is 0. The van der Waals surface area contributed by atoms with Gasteiger partial charge in [-0.2, -0.15) is 0 Å². The topological polar surface area (TPSA) is 70.7 Å². The molecule has 3 unspecified atom stereocenters. The molecule has 114 valence electrons. The van der Waals surface area contributed by atoms with Crippen molar-refractivity contribution >= 4 is 11.8 Å². The van der Waals surface area contributed by atoms with Gasteiger partial charge in [0.2, 0.25) is 11.8 Å². The molecule has 0 radical (unpaired) electrons. The minimum Gasteiger partial charge on any atom is -0.379 e. The van der Waals surface area contributed by atoms with Crippen molar-refractivity contribution in [2.45, 2.75) is 38.8 Å². The molecule has 2 aliphatic heterocycles. The van der Waals surface area contributed by atoms with Gasteiger partial charge in [0.25, 0.3) is 0 Å². The lowest BCUT2D eigenvalue weighted by Gasteiger charge is -2.23. The Morgan fingerprint density at radius 1 is 1.30 bits per heavy atom. The summed E-state index contributed by atoms with van der Waals surface area (Å²) in [6, 6.07) is -0.405. The summed E-state index contributed by atoms with van der Waals surface area (Å²) in [5.74, 6) is -0.271. The minimum atomic E-state index is -0.455. The van der Waals surface area contributed by atoms with E-state index in [0.29, 0.717) is 13.2 Å². The van der Waals surface area contributed by atoms with Gasteiger partial charge in [-0.15, -0.1) is 0 Å².